The maximum Gasteiger partial charge on any atom is 0.264 e. The Labute approximate surface area is 123 Å². The molecule has 0 fully saturated rings. The van der Waals surface area contributed by atoms with Gasteiger partial charge in [0.1, 0.15) is 5.69 Å². The number of pyridine rings is 1. The minimum absolute atomic E-state index is 0.141. The van der Waals surface area contributed by atoms with E-state index in [1.54, 1.807) is 6.20 Å². The average Bonchev–Trinajstić information content (AvgIpc) is 2.42. The van der Waals surface area contributed by atoms with Crippen molar-refractivity contribution in [2.45, 2.75) is 6.92 Å². The molecule has 0 aliphatic carbocycles. The fraction of sp³-hybridized carbons (Fsp3) is 0.0714. The predicted octanol–water partition coefficient (Wildman–Crippen LogP) is 2.90. The fourth-order valence-electron chi connectivity index (χ4n) is 1.98. The molecule has 3 aromatic rings. The molecule has 0 bridgehead atoms. The lowest BCUT2D eigenvalue weighted by Gasteiger charge is -2.05. The highest BCUT2D eigenvalue weighted by atomic mass is 127. The van der Waals surface area contributed by atoms with Gasteiger partial charge in [0.25, 0.3) is 5.56 Å². The summed E-state index contributed by atoms with van der Waals surface area (Å²) in [5, 5.41) is 1.11. The summed E-state index contributed by atoms with van der Waals surface area (Å²) >= 11 is 1.95. The summed E-state index contributed by atoms with van der Waals surface area (Å²) in [6.45, 7) is 2.03. The molecule has 0 radical (unpaired) electrons. The monoisotopic (exact) mass is 363 g/mol. The van der Waals surface area contributed by atoms with Crippen molar-refractivity contribution in [1.29, 1.82) is 0 Å². The lowest BCUT2D eigenvalue weighted by molar-refractivity contribution is 1.09. The largest absolute Gasteiger partial charge is 0.304 e. The number of rotatable bonds is 1. The van der Waals surface area contributed by atoms with Gasteiger partial charge in [0.2, 0.25) is 0 Å². The Balaban J connectivity index is 2.25. The number of hydrogen-bond acceptors (Lipinski definition) is 3. The van der Waals surface area contributed by atoms with Crippen LogP contribution in [0.15, 0.2) is 41.3 Å². The van der Waals surface area contributed by atoms with Gasteiger partial charge in [-0.15, -0.1) is 0 Å². The van der Waals surface area contributed by atoms with Crippen molar-refractivity contribution in [2.24, 2.45) is 0 Å². The third-order valence-corrected chi connectivity index (χ3v) is 3.69. The zero-order valence-electron chi connectivity index (χ0n) is 10.1. The second-order valence-electron chi connectivity index (χ2n) is 4.25. The average molecular weight is 363 g/mol. The molecule has 0 unspecified atom stereocenters. The first-order valence-corrected chi connectivity index (χ1v) is 6.84. The number of H-pyrrole nitrogens is 1. The molecular weight excluding hydrogens is 353 g/mol. The van der Waals surface area contributed by atoms with Gasteiger partial charge in [-0.1, -0.05) is 18.2 Å². The first-order valence-electron chi connectivity index (χ1n) is 5.77. The van der Waals surface area contributed by atoms with Gasteiger partial charge in [-0.3, -0.25) is 4.79 Å². The molecule has 19 heavy (non-hydrogen) atoms. The second kappa shape index (κ2) is 4.73. The molecule has 0 spiro atoms. The maximum atomic E-state index is 11.6. The summed E-state index contributed by atoms with van der Waals surface area (Å²) in [6, 6.07) is 9.86. The number of benzene rings is 1. The molecule has 0 atom stereocenters. The molecule has 2 heterocycles. The molecular formula is C14H10IN3O. The van der Waals surface area contributed by atoms with Crippen LogP contribution in [0.4, 0.5) is 0 Å². The summed E-state index contributed by atoms with van der Waals surface area (Å²) in [6.07, 6.45) is 1.56. The SMILES string of the molecule is Cc1cc(-c2ncc(I)c(=O)[nH]2)nc2ccccc12. The Bertz CT molecular complexity index is 826. The van der Waals surface area contributed by atoms with Gasteiger partial charge in [-0.05, 0) is 47.2 Å². The molecule has 0 aliphatic heterocycles. The summed E-state index contributed by atoms with van der Waals surface area (Å²) < 4.78 is 0.568. The van der Waals surface area contributed by atoms with E-state index in [0.717, 1.165) is 16.5 Å². The second-order valence-corrected chi connectivity index (χ2v) is 5.41. The molecule has 0 saturated carbocycles. The first-order chi connectivity index (χ1) is 9.15. The van der Waals surface area contributed by atoms with E-state index in [9.17, 15) is 4.79 Å². The number of nitrogens with zero attached hydrogens (tertiary/aromatic N) is 2. The minimum Gasteiger partial charge on any atom is -0.304 e. The van der Waals surface area contributed by atoms with Crippen LogP contribution in [0.5, 0.6) is 0 Å². The highest BCUT2D eigenvalue weighted by Crippen LogP contribution is 2.21. The number of para-hydroxylation sites is 1. The lowest BCUT2D eigenvalue weighted by atomic mass is 10.1. The van der Waals surface area contributed by atoms with E-state index in [4.69, 9.17) is 0 Å². The van der Waals surface area contributed by atoms with E-state index >= 15 is 0 Å². The zero-order valence-corrected chi connectivity index (χ0v) is 12.3. The molecule has 94 valence electrons. The summed E-state index contributed by atoms with van der Waals surface area (Å²) in [7, 11) is 0. The van der Waals surface area contributed by atoms with Crippen LogP contribution >= 0.6 is 22.6 Å². The van der Waals surface area contributed by atoms with Crippen molar-refractivity contribution in [2.75, 3.05) is 0 Å². The zero-order chi connectivity index (χ0) is 13.4. The molecule has 0 aliphatic rings. The molecule has 1 aromatic carbocycles. The van der Waals surface area contributed by atoms with Gasteiger partial charge < -0.3 is 4.98 Å². The van der Waals surface area contributed by atoms with Gasteiger partial charge in [-0.25, -0.2) is 9.97 Å². The highest BCUT2D eigenvalue weighted by Gasteiger charge is 2.07. The third kappa shape index (κ3) is 2.25. The predicted molar refractivity (Wildman–Crippen MR) is 83.0 cm³/mol. The van der Waals surface area contributed by atoms with Crippen LogP contribution in [0.3, 0.4) is 0 Å². The summed E-state index contributed by atoms with van der Waals surface area (Å²) in [4.78, 5) is 23.2. The van der Waals surface area contributed by atoms with E-state index in [0.29, 0.717) is 15.1 Å². The summed E-state index contributed by atoms with van der Waals surface area (Å²) in [5.74, 6) is 0.499. The molecule has 5 heteroatoms. The molecule has 1 N–H and O–H groups in total. The number of halogens is 1. The summed E-state index contributed by atoms with van der Waals surface area (Å²) in [5.41, 5.74) is 2.56. The smallest absolute Gasteiger partial charge is 0.264 e. The van der Waals surface area contributed by atoms with Crippen molar-refractivity contribution in [1.82, 2.24) is 15.0 Å². The molecule has 0 saturated heterocycles. The lowest BCUT2D eigenvalue weighted by Crippen LogP contribution is -2.12. The number of hydrogen-bond donors (Lipinski definition) is 1. The highest BCUT2D eigenvalue weighted by molar-refractivity contribution is 14.1. The molecule has 2 aromatic heterocycles. The Morgan fingerprint density at radius 3 is 2.84 bits per heavy atom. The van der Waals surface area contributed by atoms with Crippen LogP contribution in [-0.2, 0) is 0 Å². The first kappa shape index (κ1) is 12.3. The Hall–Kier alpha value is -1.76. The van der Waals surface area contributed by atoms with Crippen molar-refractivity contribution in [3.05, 3.63) is 56.0 Å². The number of aryl methyl sites for hydroxylation is 1. The van der Waals surface area contributed by atoms with Crippen molar-refractivity contribution in [3.8, 4) is 11.5 Å². The van der Waals surface area contributed by atoms with E-state index < -0.39 is 0 Å². The quantitative estimate of drug-likeness (QED) is 0.677. The van der Waals surface area contributed by atoms with Gasteiger partial charge in [0.15, 0.2) is 5.82 Å². The molecule has 3 rings (SSSR count). The number of fused-ring (bicyclic) bond motifs is 1. The van der Waals surface area contributed by atoms with Gasteiger partial charge >= 0.3 is 0 Å². The standard InChI is InChI=1S/C14H10IN3O/c1-8-6-12(13-16-7-10(15)14(19)18-13)17-11-5-3-2-4-9(8)11/h2-7H,1H3,(H,16,18,19). The topological polar surface area (TPSA) is 58.6 Å². The van der Waals surface area contributed by atoms with Crippen LogP contribution in [0.25, 0.3) is 22.4 Å². The van der Waals surface area contributed by atoms with Crippen molar-refractivity contribution >= 4 is 33.5 Å². The van der Waals surface area contributed by atoms with Crippen LogP contribution in [-0.4, -0.2) is 15.0 Å². The Morgan fingerprint density at radius 1 is 1.26 bits per heavy atom. The number of aromatic amines is 1. The third-order valence-electron chi connectivity index (χ3n) is 2.92. The van der Waals surface area contributed by atoms with Crippen LogP contribution < -0.4 is 5.56 Å². The molecule has 4 nitrogen and oxygen atoms in total. The maximum absolute atomic E-state index is 11.6. The number of nitrogens with one attached hydrogen (secondary N) is 1. The van der Waals surface area contributed by atoms with E-state index in [2.05, 4.69) is 15.0 Å². The van der Waals surface area contributed by atoms with E-state index in [-0.39, 0.29) is 5.56 Å². The Kier molecular flexibility index (Phi) is 3.06. The Morgan fingerprint density at radius 2 is 2.05 bits per heavy atom. The minimum atomic E-state index is -0.141. The molecule has 0 amide bonds. The van der Waals surface area contributed by atoms with Gasteiger partial charge in [0.05, 0.1) is 9.09 Å². The van der Waals surface area contributed by atoms with Gasteiger partial charge in [-0.2, -0.15) is 0 Å². The number of aromatic nitrogens is 3. The van der Waals surface area contributed by atoms with Crippen LogP contribution in [0.1, 0.15) is 5.56 Å². The van der Waals surface area contributed by atoms with Crippen LogP contribution in [0, 0.1) is 10.5 Å². The normalized spacial score (nSPS) is 10.8. The van der Waals surface area contributed by atoms with E-state index in [1.165, 1.54) is 0 Å². The fourth-order valence-corrected chi connectivity index (χ4v) is 2.25. The van der Waals surface area contributed by atoms with E-state index in [1.807, 2.05) is 59.8 Å². The van der Waals surface area contributed by atoms with Crippen molar-refractivity contribution < 1.29 is 0 Å². The van der Waals surface area contributed by atoms with Crippen LogP contribution in [0.2, 0.25) is 0 Å². The van der Waals surface area contributed by atoms with Gasteiger partial charge in [0, 0.05) is 11.6 Å². The van der Waals surface area contributed by atoms with Crippen molar-refractivity contribution in [3.63, 3.8) is 0 Å².